The van der Waals surface area contributed by atoms with Crippen molar-refractivity contribution in [3.63, 3.8) is 0 Å². The van der Waals surface area contributed by atoms with E-state index in [1.165, 1.54) is 16.4 Å². The van der Waals surface area contributed by atoms with Gasteiger partial charge in [0.1, 0.15) is 5.69 Å². The van der Waals surface area contributed by atoms with Crippen molar-refractivity contribution in [1.82, 2.24) is 4.31 Å². The Morgan fingerprint density at radius 2 is 2.15 bits per heavy atom. The fourth-order valence-electron chi connectivity index (χ4n) is 2.43. The molecule has 0 amide bonds. The van der Waals surface area contributed by atoms with Gasteiger partial charge in [-0.05, 0) is 31.9 Å². The predicted molar refractivity (Wildman–Crippen MR) is 75.2 cm³/mol. The Hall–Kier alpha value is -1.67. The van der Waals surface area contributed by atoms with Crippen LogP contribution in [0.15, 0.2) is 23.1 Å². The lowest BCUT2D eigenvalue weighted by Gasteiger charge is -2.21. The first-order valence-electron chi connectivity index (χ1n) is 6.36. The van der Waals surface area contributed by atoms with E-state index >= 15 is 0 Å². The second-order valence-corrected chi connectivity index (χ2v) is 6.68. The lowest BCUT2D eigenvalue weighted by atomic mass is 10.3. The number of hydrogen-bond acceptors (Lipinski definition) is 5. The molecule has 0 saturated carbocycles. The minimum atomic E-state index is -3.67. The van der Waals surface area contributed by atoms with Gasteiger partial charge in [0.25, 0.3) is 5.69 Å². The number of sulfonamides is 1. The molecule has 1 aliphatic rings. The van der Waals surface area contributed by atoms with Crippen LogP contribution in [0.5, 0.6) is 0 Å². The molecule has 0 spiro atoms. The molecule has 1 unspecified atom stereocenters. The number of nitro groups is 1. The van der Waals surface area contributed by atoms with Crippen molar-refractivity contribution < 1.29 is 13.3 Å². The zero-order chi connectivity index (χ0) is 14.9. The third-order valence-corrected chi connectivity index (χ3v) is 5.54. The zero-order valence-electron chi connectivity index (χ0n) is 11.4. The van der Waals surface area contributed by atoms with Crippen molar-refractivity contribution in [2.75, 3.05) is 18.9 Å². The maximum absolute atomic E-state index is 12.5. The number of benzene rings is 1. The first-order valence-corrected chi connectivity index (χ1v) is 7.80. The number of anilines is 1. The van der Waals surface area contributed by atoms with Gasteiger partial charge in [-0.1, -0.05) is 0 Å². The monoisotopic (exact) mass is 299 g/mol. The van der Waals surface area contributed by atoms with E-state index in [4.69, 9.17) is 0 Å². The Morgan fingerprint density at radius 1 is 1.45 bits per heavy atom. The van der Waals surface area contributed by atoms with Crippen molar-refractivity contribution in [2.24, 2.45) is 0 Å². The molecular weight excluding hydrogens is 282 g/mol. The molecule has 1 atom stereocenters. The van der Waals surface area contributed by atoms with Gasteiger partial charge in [0.2, 0.25) is 10.0 Å². The number of nitrogens with zero attached hydrogens (tertiary/aromatic N) is 2. The lowest BCUT2D eigenvalue weighted by Crippen LogP contribution is -2.33. The summed E-state index contributed by atoms with van der Waals surface area (Å²) in [5, 5.41) is 13.7. The summed E-state index contributed by atoms with van der Waals surface area (Å²) in [6.45, 7) is 2.31. The third-order valence-electron chi connectivity index (χ3n) is 3.53. The minimum Gasteiger partial charge on any atom is -0.383 e. The van der Waals surface area contributed by atoms with Crippen LogP contribution in [0.3, 0.4) is 0 Å². The molecular formula is C12H17N3O4S. The second-order valence-electron chi connectivity index (χ2n) is 4.79. The molecule has 2 rings (SSSR count). The van der Waals surface area contributed by atoms with Crippen LogP contribution in [-0.2, 0) is 10.0 Å². The highest BCUT2D eigenvalue weighted by atomic mass is 32.2. The third kappa shape index (κ3) is 2.48. The van der Waals surface area contributed by atoms with Gasteiger partial charge in [0.05, 0.1) is 9.82 Å². The lowest BCUT2D eigenvalue weighted by molar-refractivity contribution is -0.384. The molecule has 0 aromatic heterocycles. The molecule has 1 saturated heterocycles. The average Bonchev–Trinajstić information content (AvgIpc) is 2.84. The molecule has 1 aromatic carbocycles. The Bertz CT molecular complexity index is 630. The number of rotatable bonds is 4. The summed E-state index contributed by atoms with van der Waals surface area (Å²) >= 11 is 0. The Morgan fingerprint density at radius 3 is 2.65 bits per heavy atom. The first kappa shape index (κ1) is 14.7. The summed E-state index contributed by atoms with van der Waals surface area (Å²) in [6.07, 6.45) is 1.63. The second kappa shape index (κ2) is 5.37. The molecule has 0 aliphatic carbocycles. The summed E-state index contributed by atoms with van der Waals surface area (Å²) in [7, 11) is -2.11. The maximum Gasteiger partial charge on any atom is 0.293 e. The summed E-state index contributed by atoms with van der Waals surface area (Å²) in [5.41, 5.74) is 0.0591. The van der Waals surface area contributed by atoms with Crippen molar-refractivity contribution in [1.29, 1.82) is 0 Å². The highest BCUT2D eigenvalue weighted by Gasteiger charge is 2.33. The maximum atomic E-state index is 12.5. The van der Waals surface area contributed by atoms with Crippen LogP contribution in [0.1, 0.15) is 19.8 Å². The Kier molecular flexibility index (Phi) is 3.96. The van der Waals surface area contributed by atoms with E-state index in [1.807, 2.05) is 6.92 Å². The number of nitrogens with one attached hydrogen (secondary N) is 1. The van der Waals surface area contributed by atoms with Gasteiger partial charge in [-0.3, -0.25) is 10.1 Å². The van der Waals surface area contributed by atoms with Gasteiger partial charge in [-0.25, -0.2) is 8.42 Å². The first-order chi connectivity index (χ1) is 9.37. The van der Waals surface area contributed by atoms with Crippen LogP contribution >= 0.6 is 0 Å². The zero-order valence-corrected chi connectivity index (χ0v) is 12.2. The van der Waals surface area contributed by atoms with Gasteiger partial charge in [-0.2, -0.15) is 4.31 Å². The van der Waals surface area contributed by atoms with Crippen LogP contribution in [0.25, 0.3) is 0 Å². The SMILES string of the molecule is CNc1ccc(S(=O)(=O)N2CCCC2C)cc1[N+](=O)[O-]. The van der Waals surface area contributed by atoms with E-state index in [9.17, 15) is 18.5 Å². The summed E-state index contributed by atoms with van der Waals surface area (Å²) in [5.74, 6) is 0. The molecule has 20 heavy (non-hydrogen) atoms. The molecule has 1 N–H and O–H groups in total. The summed E-state index contributed by atoms with van der Waals surface area (Å²) < 4.78 is 26.4. The van der Waals surface area contributed by atoms with Gasteiger partial charge in [0, 0.05) is 25.7 Å². The van der Waals surface area contributed by atoms with E-state index in [-0.39, 0.29) is 16.6 Å². The normalized spacial score (nSPS) is 20.0. The Balaban J connectivity index is 2.47. The van der Waals surface area contributed by atoms with E-state index in [2.05, 4.69) is 5.32 Å². The van der Waals surface area contributed by atoms with Crippen LogP contribution in [0, 0.1) is 10.1 Å². The van der Waals surface area contributed by atoms with Gasteiger partial charge in [-0.15, -0.1) is 0 Å². The molecule has 1 aromatic rings. The minimum absolute atomic E-state index is 0.0306. The van der Waals surface area contributed by atoms with E-state index in [0.717, 1.165) is 18.9 Å². The summed E-state index contributed by atoms with van der Waals surface area (Å²) in [6, 6.07) is 3.87. The van der Waals surface area contributed by atoms with E-state index in [0.29, 0.717) is 12.2 Å². The largest absolute Gasteiger partial charge is 0.383 e. The molecule has 7 nitrogen and oxygen atoms in total. The standard InChI is InChI=1S/C12H17N3O4S/c1-9-4-3-7-14(9)20(18,19)10-5-6-11(13-2)12(8-10)15(16)17/h5-6,8-9,13H,3-4,7H2,1-2H3. The highest BCUT2D eigenvalue weighted by Crippen LogP contribution is 2.31. The summed E-state index contributed by atoms with van der Waals surface area (Å²) in [4.78, 5) is 10.4. The highest BCUT2D eigenvalue weighted by molar-refractivity contribution is 7.89. The van der Waals surface area contributed by atoms with Crippen molar-refractivity contribution in [3.8, 4) is 0 Å². The van der Waals surface area contributed by atoms with Crippen molar-refractivity contribution >= 4 is 21.4 Å². The van der Waals surface area contributed by atoms with Crippen LogP contribution in [0.2, 0.25) is 0 Å². The molecule has 110 valence electrons. The van der Waals surface area contributed by atoms with Crippen LogP contribution < -0.4 is 5.32 Å². The molecule has 1 aliphatic heterocycles. The quantitative estimate of drug-likeness (QED) is 0.676. The molecule has 8 heteroatoms. The van der Waals surface area contributed by atoms with Gasteiger partial charge < -0.3 is 5.32 Å². The number of hydrogen-bond donors (Lipinski definition) is 1. The molecule has 1 heterocycles. The molecule has 1 fully saturated rings. The van der Waals surface area contributed by atoms with Crippen molar-refractivity contribution in [3.05, 3.63) is 28.3 Å². The Labute approximate surface area is 117 Å². The predicted octanol–water partition coefficient (Wildman–Crippen LogP) is 1.81. The van der Waals surface area contributed by atoms with Crippen molar-refractivity contribution in [2.45, 2.75) is 30.7 Å². The molecule has 0 radical (unpaired) electrons. The van der Waals surface area contributed by atoms with Gasteiger partial charge >= 0.3 is 0 Å². The van der Waals surface area contributed by atoms with E-state index < -0.39 is 14.9 Å². The fourth-order valence-corrected chi connectivity index (χ4v) is 4.15. The smallest absolute Gasteiger partial charge is 0.293 e. The number of nitro benzene ring substituents is 1. The van der Waals surface area contributed by atoms with Crippen LogP contribution in [0.4, 0.5) is 11.4 Å². The fraction of sp³-hybridized carbons (Fsp3) is 0.500. The van der Waals surface area contributed by atoms with Gasteiger partial charge in [0.15, 0.2) is 0 Å². The van der Waals surface area contributed by atoms with E-state index in [1.54, 1.807) is 7.05 Å². The average molecular weight is 299 g/mol. The topological polar surface area (TPSA) is 92.6 Å². The van der Waals surface area contributed by atoms with Crippen LogP contribution in [-0.4, -0.2) is 37.3 Å². The molecule has 0 bridgehead atoms.